The average Bonchev–Trinajstić information content (AvgIpc) is 2.30. The van der Waals surface area contributed by atoms with Crippen LogP contribution in [0, 0.1) is 0 Å². The number of amidine groups is 3. The van der Waals surface area contributed by atoms with Crippen molar-refractivity contribution >= 4 is 24.2 Å². The first-order valence-corrected chi connectivity index (χ1v) is 4.33. The van der Waals surface area contributed by atoms with Crippen molar-refractivity contribution in [3.8, 4) is 0 Å². The van der Waals surface area contributed by atoms with Gasteiger partial charge in [-0.2, -0.15) is 0 Å². The lowest BCUT2D eigenvalue weighted by Crippen LogP contribution is -2.30. The van der Waals surface area contributed by atoms with Crippen LogP contribution in [0.1, 0.15) is 0 Å². The third-order valence-corrected chi connectivity index (χ3v) is 1.34. The van der Waals surface area contributed by atoms with E-state index in [0.717, 1.165) is 0 Å². The summed E-state index contributed by atoms with van der Waals surface area (Å²) in [6.45, 7) is 6.85. The third kappa shape index (κ3) is 5.45. The molecule has 0 saturated heterocycles. The highest BCUT2D eigenvalue weighted by Gasteiger charge is 1.97. The molecule has 0 aromatic heterocycles. The standard InChI is InChI=1S/C9H15N7/c1-3-4-5-14-8(11)9(12)16-15-7(6-10)13-2/h3-5H,1-2,6,10H2,(H2,11,14)(H2,12,16)/b5-4-,15-7-. The third-order valence-electron chi connectivity index (χ3n) is 1.34. The van der Waals surface area contributed by atoms with E-state index in [1.165, 1.54) is 6.20 Å². The summed E-state index contributed by atoms with van der Waals surface area (Å²) in [4.78, 5) is 7.30. The van der Waals surface area contributed by atoms with Crippen LogP contribution in [0.2, 0.25) is 0 Å². The van der Waals surface area contributed by atoms with Crippen molar-refractivity contribution in [1.29, 1.82) is 0 Å². The van der Waals surface area contributed by atoms with Crippen molar-refractivity contribution in [1.82, 2.24) is 0 Å². The van der Waals surface area contributed by atoms with E-state index in [0.29, 0.717) is 0 Å². The van der Waals surface area contributed by atoms with Gasteiger partial charge >= 0.3 is 0 Å². The Morgan fingerprint density at radius 1 is 1.19 bits per heavy atom. The minimum atomic E-state index is -0.0247. The first kappa shape index (κ1) is 13.7. The van der Waals surface area contributed by atoms with E-state index in [4.69, 9.17) is 17.2 Å². The summed E-state index contributed by atoms with van der Waals surface area (Å²) >= 11 is 0. The van der Waals surface area contributed by atoms with Gasteiger partial charge in [-0.25, -0.2) is 9.98 Å². The normalized spacial score (nSPS) is 14.2. The molecule has 0 atom stereocenters. The van der Waals surface area contributed by atoms with E-state index in [-0.39, 0.29) is 24.1 Å². The molecule has 0 aromatic carbocycles. The second kappa shape index (κ2) is 8.06. The van der Waals surface area contributed by atoms with Crippen LogP contribution in [0.25, 0.3) is 0 Å². The maximum atomic E-state index is 5.49. The molecule has 0 amide bonds. The lowest BCUT2D eigenvalue weighted by atomic mass is 10.5. The average molecular weight is 221 g/mol. The van der Waals surface area contributed by atoms with Crippen molar-refractivity contribution in [3.05, 3.63) is 24.9 Å². The lowest BCUT2D eigenvalue weighted by molar-refractivity contribution is 1.16. The molecule has 7 heteroatoms. The number of rotatable bonds is 4. The lowest BCUT2D eigenvalue weighted by Gasteiger charge is -1.95. The molecule has 7 nitrogen and oxygen atoms in total. The Labute approximate surface area is 93.9 Å². The molecule has 0 aliphatic carbocycles. The minimum Gasteiger partial charge on any atom is -0.381 e. The fourth-order valence-electron chi connectivity index (χ4n) is 0.550. The number of hydrogen-bond acceptors (Lipinski definition) is 4. The number of nitrogens with zero attached hydrogens (tertiary/aromatic N) is 4. The van der Waals surface area contributed by atoms with Gasteiger partial charge in [-0.15, -0.1) is 10.2 Å². The smallest absolute Gasteiger partial charge is 0.188 e. The molecule has 0 aliphatic heterocycles. The van der Waals surface area contributed by atoms with Gasteiger partial charge in [0.1, 0.15) is 0 Å². The van der Waals surface area contributed by atoms with Gasteiger partial charge in [0.05, 0.1) is 6.54 Å². The molecule has 0 saturated carbocycles. The van der Waals surface area contributed by atoms with Gasteiger partial charge in [0.2, 0.25) is 0 Å². The van der Waals surface area contributed by atoms with Crippen LogP contribution in [-0.4, -0.2) is 30.8 Å². The van der Waals surface area contributed by atoms with E-state index < -0.39 is 0 Å². The SMILES string of the molecule is C=C\C=C/N=C(N)\C(N)=N\N=C(\CN)N=C. The molecule has 0 rings (SSSR count). The minimum absolute atomic E-state index is 0.0247. The zero-order valence-electron chi connectivity index (χ0n) is 8.87. The summed E-state index contributed by atoms with van der Waals surface area (Å²) in [7, 11) is 0. The Balaban J connectivity index is 4.71. The van der Waals surface area contributed by atoms with Crippen LogP contribution in [0.3, 0.4) is 0 Å². The molecule has 16 heavy (non-hydrogen) atoms. The molecular formula is C9H15N7. The van der Waals surface area contributed by atoms with Crippen LogP contribution in [0.5, 0.6) is 0 Å². The summed E-state index contributed by atoms with van der Waals surface area (Å²) in [5, 5.41) is 7.23. The van der Waals surface area contributed by atoms with Crippen molar-refractivity contribution in [3.63, 3.8) is 0 Å². The molecule has 0 aromatic rings. The quantitative estimate of drug-likeness (QED) is 0.253. The molecule has 86 valence electrons. The van der Waals surface area contributed by atoms with Gasteiger partial charge in [-0.1, -0.05) is 12.7 Å². The highest BCUT2D eigenvalue weighted by molar-refractivity contribution is 6.39. The Morgan fingerprint density at radius 2 is 1.88 bits per heavy atom. The summed E-state index contributed by atoms with van der Waals surface area (Å²) < 4.78 is 0. The van der Waals surface area contributed by atoms with Crippen LogP contribution in [0.15, 0.2) is 45.1 Å². The molecule has 0 fully saturated rings. The van der Waals surface area contributed by atoms with Crippen LogP contribution in [0.4, 0.5) is 0 Å². The first-order valence-electron chi connectivity index (χ1n) is 4.33. The molecule has 0 heterocycles. The Kier molecular flexibility index (Phi) is 6.91. The fraction of sp³-hybridized carbons (Fsp3) is 0.111. The van der Waals surface area contributed by atoms with Crippen molar-refractivity contribution < 1.29 is 0 Å². The van der Waals surface area contributed by atoms with E-state index in [1.807, 2.05) is 0 Å². The molecule has 0 spiro atoms. The van der Waals surface area contributed by atoms with E-state index in [2.05, 4.69) is 33.5 Å². The molecular weight excluding hydrogens is 206 g/mol. The monoisotopic (exact) mass is 221 g/mol. The first-order chi connectivity index (χ1) is 7.65. The summed E-state index contributed by atoms with van der Waals surface area (Å²) in [5.41, 5.74) is 16.3. The van der Waals surface area contributed by atoms with Crippen LogP contribution >= 0.6 is 0 Å². The Morgan fingerprint density at radius 3 is 2.38 bits per heavy atom. The predicted molar refractivity (Wildman–Crippen MR) is 68.6 cm³/mol. The second-order valence-electron chi connectivity index (χ2n) is 2.46. The van der Waals surface area contributed by atoms with E-state index in [9.17, 15) is 0 Å². The maximum Gasteiger partial charge on any atom is 0.188 e. The van der Waals surface area contributed by atoms with Crippen molar-refractivity contribution in [2.24, 2.45) is 37.4 Å². The maximum absolute atomic E-state index is 5.49. The molecule has 0 unspecified atom stereocenters. The molecule has 0 radical (unpaired) electrons. The largest absolute Gasteiger partial charge is 0.381 e. The van der Waals surface area contributed by atoms with E-state index >= 15 is 0 Å². The zero-order chi connectivity index (χ0) is 12.4. The highest BCUT2D eigenvalue weighted by atomic mass is 15.3. The van der Waals surface area contributed by atoms with Gasteiger partial charge in [0.25, 0.3) is 0 Å². The number of allylic oxidation sites excluding steroid dienone is 2. The van der Waals surface area contributed by atoms with Crippen LogP contribution < -0.4 is 17.2 Å². The number of hydrogen-bond donors (Lipinski definition) is 3. The van der Waals surface area contributed by atoms with Crippen molar-refractivity contribution in [2.45, 2.75) is 0 Å². The van der Waals surface area contributed by atoms with Gasteiger partial charge in [-0.3, -0.25) is 0 Å². The predicted octanol–water partition coefficient (Wildman–Crippen LogP) is -0.627. The zero-order valence-corrected chi connectivity index (χ0v) is 8.87. The Hall–Kier alpha value is -2.28. The van der Waals surface area contributed by atoms with Gasteiger partial charge in [0, 0.05) is 6.20 Å². The van der Waals surface area contributed by atoms with Gasteiger partial charge in [-0.05, 0) is 12.8 Å². The van der Waals surface area contributed by atoms with Gasteiger partial charge < -0.3 is 17.2 Å². The highest BCUT2D eigenvalue weighted by Crippen LogP contribution is 1.83. The number of nitrogens with two attached hydrogens (primary N) is 3. The van der Waals surface area contributed by atoms with E-state index in [1.54, 1.807) is 12.2 Å². The summed E-state index contributed by atoms with van der Waals surface area (Å²) in [5.74, 6) is 0.281. The van der Waals surface area contributed by atoms with Crippen LogP contribution in [-0.2, 0) is 0 Å². The number of aliphatic imine (C=N–C) groups is 2. The molecule has 0 bridgehead atoms. The summed E-state index contributed by atoms with van der Waals surface area (Å²) in [6.07, 6.45) is 4.58. The Bertz CT molecular complexity index is 362. The fourth-order valence-corrected chi connectivity index (χ4v) is 0.550. The summed E-state index contributed by atoms with van der Waals surface area (Å²) in [6, 6.07) is 0. The topological polar surface area (TPSA) is 127 Å². The van der Waals surface area contributed by atoms with Crippen molar-refractivity contribution in [2.75, 3.05) is 6.54 Å². The molecule has 6 N–H and O–H groups in total. The molecule has 0 aliphatic rings. The second-order valence-corrected chi connectivity index (χ2v) is 2.46. The van der Waals surface area contributed by atoms with Gasteiger partial charge in [0.15, 0.2) is 17.5 Å².